The van der Waals surface area contributed by atoms with Crippen LogP contribution in [0.25, 0.3) is 0 Å². The molecule has 1 nitrogen and oxygen atoms in total. The fourth-order valence-corrected chi connectivity index (χ4v) is 0.474. The molecule has 0 spiro atoms. The van der Waals surface area contributed by atoms with Crippen LogP contribution >= 0.6 is 24.7 Å². The molecular weight excluding hydrogens is 104 g/mol. The van der Waals surface area contributed by atoms with Gasteiger partial charge in [-0.25, -0.2) is 0 Å². The molecule has 0 unspecified atom stereocenters. The molecule has 0 N–H and O–H groups in total. The summed E-state index contributed by atoms with van der Waals surface area (Å²) < 4.78 is 4.35. The first-order valence-corrected chi connectivity index (χ1v) is 2.93. The number of thioether (sulfide) groups is 1. The van der Waals surface area contributed by atoms with Crippen molar-refractivity contribution in [1.82, 2.24) is 0 Å². The van der Waals surface area contributed by atoms with Crippen LogP contribution in [0.2, 0.25) is 0 Å². The summed E-state index contributed by atoms with van der Waals surface area (Å²) in [6.07, 6.45) is 1.95. The second-order valence-electron chi connectivity index (χ2n) is 0.536. The Kier molecular flexibility index (Phi) is 5.28. The van der Waals surface area contributed by atoms with Gasteiger partial charge in [0.2, 0.25) is 0 Å². The molecule has 0 aliphatic rings. The van der Waals surface area contributed by atoms with Crippen LogP contribution in [-0.2, 0) is 4.18 Å². The summed E-state index contributed by atoms with van der Waals surface area (Å²) in [4.78, 5) is 0. The lowest BCUT2D eigenvalue weighted by molar-refractivity contribution is 0.475. The molecule has 0 aliphatic carbocycles. The van der Waals surface area contributed by atoms with E-state index in [-0.39, 0.29) is 0 Å². The first-order chi connectivity index (χ1) is 2.41. The maximum atomic E-state index is 4.35. The van der Waals surface area contributed by atoms with Gasteiger partial charge < -0.3 is 4.18 Å². The molecule has 0 fully saturated rings. The highest BCUT2D eigenvalue weighted by molar-refractivity contribution is 7.98. The lowest BCUT2D eigenvalue weighted by atomic mass is 11.7. The molecule has 0 radical (unpaired) electrons. The summed E-state index contributed by atoms with van der Waals surface area (Å²) in [6, 6.07) is 0. The lowest BCUT2D eigenvalue weighted by Gasteiger charge is -1.82. The van der Waals surface area contributed by atoms with E-state index in [1.807, 2.05) is 6.26 Å². The van der Waals surface area contributed by atoms with Gasteiger partial charge >= 0.3 is 0 Å². The minimum atomic E-state index is 0.670. The van der Waals surface area contributed by atoms with Gasteiger partial charge in [0.15, 0.2) is 0 Å². The van der Waals surface area contributed by atoms with Gasteiger partial charge in [0, 0.05) is 0 Å². The number of hydrogen-bond acceptors (Lipinski definition) is 3. The van der Waals surface area contributed by atoms with Crippen molar-refractivity contribution >= 4 is 24.7 Å². The molecule has 0 amide bonds. The number of thiol groups is 1. The Bertz CT molecular complexity index is 15.1. The molecule has 0 heterocycles. The molecule has 0 aromatic heterocycles. The van der Waals surface area contributed by atoms with Crippen molar-refractivity contribution in [2.24, 2.45) is 0 Å². The van der Waals surface area contributed by atoms with Crippen molar-refractivity contribution in [3.8, 4) is 0 Å². The van der Waals surface area contributed by atoms with E-state index in [1.54, 1.807) is 11.8 Å². The predicted molar refractivity (Wildman–Crippen MR) is 28.5 cm³/mol. The standard InChI is InChI=1S/C2H6OS2/c1-5-2-3-4/h4H,2H2,1H3. The van der Waals surface area contributed by atoms with Crippen LogP contribution < -0.4 is 0 Å². The molecule has 3 heteroatoms. The van der Waals surface area contributed by atoms with Crippen LogP contribution in [0.3, 0.4) is 0 Å². The van der Waals surface area contributed by atoms with Gasteiger partial charge in [-0.3, -0.25) is 0 Å². The smallest absolute Gasteiger partial charge is 0.106 e. The second kappa shape index (κ2) is 4.66. The van der Waals surface area contributed by atoms with Crippen LogP contribution in [0.15, 0.2) is 0 Å². The third-order valence-corrected chi connectivity index (χ3v) is 0.828. The quantitative estimate of drug-likeness (QED) is 0.324. The zero-order valence-corrected chi connectivity index (χ0v) is 4.68. The van der Waals surface area contributed by atoms with Crippen molar-refractivity contribution in [3.63, 3.8) is 0 Å². The first kappa shape index (κ1) is 5.66. The zero-order chi connectivity index (χ0) is 4.12. The SMILES string of the molecule is CSCOS. The molecule has 0 rings (SSSR count). The highest BCUT2D eigenvalue weighted by Gasteiger charge is 1.66. The minimum Gasteiger partial charge on any atom is -0.308 e. The number of rotatable bonds is 2. The zero-order valence-electron chi connectivity index (χ0n) is 2.97. The van der Waals surface area contributed by atoms with Crippen molar-refractivity contribution in [2.75, 3.05) is 12.2 Å². The van der Waals surface area contributed by atoms with E-state index in [2.05, 4.69) is 17.1 Å². The van der Waals surface area contributed by atoms with Crippen LogP contribution in [0.4, 0.5) is 0 Å². The highest BCUT2D eigenvalue weighted by Crippen LogP contribution is 1.91. The predicted octanol–water partition coefficient (Wildman–Crippen LogP) is 1.17. The molecule has 5 heavy (non-hydrogen) atoms. The summed E-state index contributed by atoms with van der Waals surface area (Å²) in [5, 5.41) is 0. The Balaban J connectivity index is 2.19. The molecular formula is C2H6OS2. The first-order valence-electron chi connectivity index (χ1n) is 1.17. The normalized spacial score (nSPS) is 8.40. The molecule has 0 atom stereocenters. The summed E-state index contributed by atoms with van der Waals surface area (Å²) in [6.45, 7) is 0. The van der Waals surface area contributed by atoms with E-state index >= 15 is 0 Å². The monoisotopic (exact) mass is 110 g/mol. The van der Waals surface area contributed by atoms with Gasteiger partial charge in [-0.15, -0.1) is 11.8 Å². The molecule has 0 saturated carbocycles. The van der Waals surface area contributed by atoms with Gasteiger partial charge in [-0.2, -0.15) is 0 Å². The number of hydrogen-bond donors (Lipinski definition) is 1. The molecule has 0 aromatic rings. The van der Waals surface area contributed by atoms with Crippen LogP contribution in [0.1, 0.15) is 0 Å². The van der Waals surface area contributed by atoms with Crippen molar-refractivity contribution in [3.05, 3.63) is 0 Å². The van der Waals surface area contributed by atoms with Crippen molar-refractivity contribution in [2.45, 2.75) is 0 Å². The topological polar surface area (TPSA) is 9.23 Å². The van der Waals surface area contributed by atoms with Crippen LogP contribution in [-0.4, -0.2) is 12.2 Å². The summed E-state index contributed by atoms with van der Waals surface area (Å²) >= 11 is 5.08. The maximum absolute atomic E-state index is 4.35. The molecule has 0 saturated heterocycles. The van der Waals surface area contributed by atoms with E-state index in [9.17, 15) is 0 Å². The largest absolute Gasteiger partial charge is 0.308 e. The third-order valence-electron chi connectivity index (χ3n) is 0.171. The van der Waals surface area contributed by atoms with E-state index in [4.69, 9.17) is 0 Å². The van der Waals surface area contributed by atoms with Crippen molar-refractivity contribution < 1.29 is 4.18 Å². The third kappa shape index (κ3) is 4.66. The fourth-order valence-electron chi connectivity index (χ4n) is 0.0527. The van der Waals surface area contributed by atoms with Crippen LogP contribution in [0, 0.1) is 0 Å². The van der Waals surface area contributed by atoms with Gasteiger partial charge in [0.25, 0.3) is 0 Å². The average Bonchev–Trinajstić information content (AvgIpc) is 1.41. The van der Waals surface area contributed by atoms with Gasteiger partial charge in [0.1, 0.15) is 5.94 Å². The van der Waals surface area contributed by atoms with E-state index in [1.165, 1.54) is 0 Å². The Hall–Kier alpha value is 0.660. The summed E-state index contributed by atoms with van der Waals surface area (Å²) in [5.74, 6) is 0.670. The Morgan fingerprint density at radius 3 is 2.60 bits per heavy atom. The molecule has 32 valence electrons. The highest BCUT2D eigenvalue weighted by atomic mass is 32.2. The second-order valence-corrected chi connectivity index (χ2v) is 1.61. The van der Waals surface area contributed by atoms with Crippen molar-refractivity contribution in [1.29, 1.82) is 0 Å². The maximum Gasteiger partial charge on any atom is 0.106 e. The van der Waals surface area contributed by atoms with E-state index in [0.29, 0.717) is 5.94 Å². The van der Waals surface area contributed by atoms with E-state index < -0.39 is 0 Å². The van der Waals surface area contributed by atoms with E-state index in [0.717, 1.165) is 0 Å². The average molecular weight is 110 g/mol. The van der Waals surface area contributed by atoms with Gasteiger partial charge in [0.05, 0.1) is 0 Å². The minimum absolute atomic E-state index is 0.670. The van der Waals surface area contributed by atoms with Crippen LogP contribution in [0.5, 0.6) is 0 Å². The molecule has 0 aliphatic heterocycles. The Morgan fingerprint density at radius 2 is 2.60 bits per heavy atom. The summed E-state index contributed by atoms with van der Waals surface area (Å²) in [5.41, 5.74) is 0. The fraction of sp³-hybridized carbons (Fsp3) is 1.00. The molecule has 0 bridgehead atoms. The molecule has 0 aromatic carbocycles. The lowest BCUT2D eigenvalue weighted by Crippen LogP contribution is -1.67. The Labute approximate surface area is 41.7 Å². The van der Waals surface area contributed by atoms with Gasteiger partial charge in [-0.05, 0) is 19.2 Å². The van der Waals surface area contributed by atoms with Gasteiger partial charge in [-0.1, -0.05) is 0 Å². The Morgan fingerprint density at radius 1 is 2.00 bits per heavy atom. The summed E-state index contributed by atoms with van der Waals surface area (Å²) in [7, 11) is 0.